The number of fused-ring (bicyclic) bond motifs is 1. The molecule has 0 amide bonds. The van der Waals surface area contributed by atoms with Gasteiger partial charge in [0, 0.05) is 0 Å². The Morgan fingerprint density at radius 1 is 1.12 bits per heavy atom. The second kappa shape index (κ2) is 3.82. The molecule has 1 aromatic rings. The Balaban J connectivity index is 1.44. The molecular formula is C15H18O2. The van der Waals surface area contributed by atoms with Crippen LogP contribution in [-0.4, -0.2) is 18.8 Å². The Bertz CT molecular complexity index is 401. The van der Waals surface area contributed by atoms with Crippen LogP contribution >= 0.6 is 0 Å². The van der Waals surface area contributed by atoms with E-state index < -0.39 is 0 Å². The number of benzene rings is 1. The highest BCUT2D eigenvalue weighted by molar-refractivity contribution is 5.14. The van der Waals surface area contributed by atoms with E-state index in [0.717, 1.165) is 31.0 Å². The maximum absolute atomic E-state index is 6.13. The van der Waals surface area contributed by atoms with Crippen molar-refractivity contribution in [2.75, 3.05) is 6.61 Å². The van der Waals surface area contributed by atoms with Gasteiger partial charge in [-0.05, 0) is 36.2 Å². The van der Waals surface area contributed by atoms with Crippen LogP contribution in [0.15, 0.2) is 30.3 Å². The standard InChI is InChI=1S/C15H18O2/c1-2-4-10(5-3-1)8-16-14-11-6-12-9-17-15(14)13(12)7-11/h1-5,11-15H,6-9H2/t11?,12?,13?,14-,15?/m0/s1. The molecule has 3 fully saturated rings. The lowest BCUT2D eigenvalue weighted by atomic mass is 9.88. The summed E-state index contributed by atoms with van der Waals surface area (Å²) in [6, 6.07) is 10.5. The summed E-state index contributed by atoms with van der Waals surface area (Å²) in [5, 5.41) is 0. The van der Waals surface area contributed by atoms with Crippen LogP contribution in [0.3, 0.4) is 0 Å². The van der Waals surface area contributed by atoms with Crippen LogP contribution in [0.5, 0.6) is 0 Å². The molecule has 2 heteroatoms. The fourth-order valence-electron chi connectivity index (χ4n) is 4.03. The minimum atomic E-state index is 0.360. The summed E-state index contributed by atoms with van der Waals surface area (Å²) in [7, 11) is 0. The largest absolute Gasteiger partial charge is 0.375 e. The maximum Gasteiger partial charge on any atom is 0.0872 e. The van der Waals surface area contributed by atoms with Crippen molar-refractivity contribution in [2.24, 2.45) is 17.8 Å². The van der Waals surface area contributed by atoms with E-state index in [-0.39, 0.29) is 0 Å². The maximum atomic E-state index is 6.13. The van der Waals surface area contributed by atoms with E-state index in [1.54, 1.807) is 0 Å². The molecule has 0 spiro atoms. The lowest BCUT2D eigenvalue weighted by molar-refractivity contribution is -0.0649. The van der Waals surface area contributed by atoms with Gasteiger partial charge in [0.05, 0.1) is 25.4 Å². The topological polar surface area (TPSA) is 18.5 Å². The second-order valence-corrected chi connectivity index (χ2v) is 5.71. The monoisotopic (exact) mass is 230 g/mol. The summed E-state index contributed by atoms with van der Waals surface area (Å²) in [6.07, 6.45) is 3.44. The first-order valence-electron chi connectivity index (χ1n) is 6.69. The molecule has 1 aliphatic heterocycles. The first-order valence-corrected chi connectivity index (χ1v) is 6.69. The molecule has 90 valence electrons. The molecule has 2 nitrogen and oxygen atoms in total. The van der Waals surface area contributed by atoms with Crippen molar-refractivity contribution in [2.45, 2.75) is 31.7 Å². The van der Waals surface area contributed by atoms with E-state index in [9.17, 15) is 0 Å². The van der Waals surface area contributed by atoms with E-state index in [1.165, 1.54) is 18.4 Å². The van der Waals surface area contributed by atoms with Gasteiger partial charge in [-0.25, -0.2) is 0 Å². The zero-order chi connectivity index (χ0) is 11.2. The summed E-state index contributed by atoms with van der Waals surface area (Å²) < 4.78 is 12.0. The molecular weight excluding hydrogens is 212 g/mol. The molecule has 0 N–H and O–H groups in total. The Morgan fingerprint density at radius 3 is 2.88 bits per heavy atom. The van der Waals surface area contributed by atoms with Crippen LogP contribution in [-0.2, 0) is 16.1 Å². The summed E-state index contributed by atoms with van der Waals surface area (Å²) >= 11 is 0. The summed E-state index contributed by atoms with van der Waals surface area (Å²) in [6.45, 7) is 1.72. The highest BCUT2D eigenvalue weighted by Crippen LogP contribution is 2.54. The zero-order valence-electron chi connectivity index (χ0n) is 9.92. The predicted octanol–water partition coefficient (Wildman–Crippen LogP) is 2.63. The molecule has 2 aliphatic carbocycles. The predicted molar refractivity (Wildman–Crippen MR) is 64.5 cm³/mol. The highest BCUT2D eigenvalue weighted by atomic mass is 16.5. The zero-order valence-corrected chi connectivity index (χ0v) is 9.92. The Labute approximate surface area is 102 Å². The van der Waals surface area contributed by atoms with Gasteiger partial charge in [0.1, 0.15) is 0 Å². The van der Waals surface area contributed by atoms with Gasteiger partial charge in [-0.1, -0.05) is 30.3 Å². The highest BCUT2D eigenvalue weighted by Gasteiger charge is 2.57. The molecule has 0 aromatic heterocycles. The summed E-state index contributed by atoms with van der Waals surface area (Å²) in [5.41, 5.74) is 1.27. The van der Waals surface area contributed by atoms with Gasteiger partial charge in [0.25, 0.3) is 0 Å². The van der Waals surface area contributed by atoms with Crippen molar-refractivity contribution in [3.63, 3.8) is 0 Å². The molecule has 1 heterocycles. The molecule has 4 unspecified atom stereocenters. The van der Waals surface area contributed by atoms with E-state index >= 15 is 0 Å². The molecule has 5 atom stereocenters. The number of ether oxygens (including phenoxy) is 2. The second-order valence-electron chi connectivity index (χ2n) is 5.71. The van der Waals surface area contributed by atoms with Crippen molar-refractivity contribution in [1.29, 1.82) is 0 Å². The van der Waals surface area contributed by atoms with Crippen molar-refractivity contribution in [3.8, 4) is 0 Å². The van der Waals surface area contributed by atoms with Crippen molar-refractivity contribution < 1.29 is 9.47 Å². The van der Waals surface area contributed by atoms with Gasteiger partial charge in [-0.15, -0.1) is 0 Å². The third kappa shape index (κ3) is 1.54. The van der Waals surface area contributed by atoms with Gasteiger partial charge in [-0.2, -0.15) is 0 Å². The van der Waals surface area contributed by atoms with E-state index in [4.69, 9.17) is 9.47 Å². The molecule has 2 saturated carbocycles. The first kappa shape index (κ1) is 10.1. The van der Waals surface area contributed by atoms with Crippen LogP contribution in [0.2, 0.25) is 0 Å². The third-order valence-electron chi connectivity index (χ3n) is 4.78. The lowest BCUT2D eigenvalue weighted by Crippen LogP contribution is -2.34. The van der Waals surface area contributed by atoms with E-state index in [0.29, 0.717) is 12.2 Å². The first-order chi connectivity index (χ1) is 8.42. The SMILES string of the molecule is c1ccc(CO[C@H]2C3CC4COC2C4C3)cc1. The molecule has 4 rings (SSSR count). The fraction of sp³-hybridized carbons (Fsp3) is 0.600. The Morgan fingerprint density at radius 2 is 2.00 bits per heavy atom. The fourth-order valence-corrected chi connectivity index (χ4v) is 4.03. The number of rotatable bonds is 3. The smallest absolute Gasteiger partial charge is 0.0872 e. The van der Waals surface area contributed by atoms with Gasteiger partial charge >= 0.3 is 0 Å². The molecule has 3 aliphatic rings. The van der Waals surface area contributed by atoms with Crippen LogP contribution < -0.4 is 0 Å². The van der Waals surface area contributed by atoms with E-state index in [2.05, 4.69) is 24.3 Å². The van der Waals surface area contributed by atoms with Crippen LogP contribution in [0, 0.1) is 17.8 Å². The normalized spacial score (nSPS) is 42.2. The molecule has 2 bridgehead atoms. The minimum absolute atomic E-state index is 0.360. The van der Waals surface area contributed by atoms with Gasteiger partial charge < -0.3 is 9.47 Å². The Hall–Kier alpha value is -0.860. The minimum Gasteiger partial charge on any atom is -0.375 e. The van der Waals surface area contributed by atoms with Gasteiger partial charge in [-0.3, -0.25) is 0 Å². The number of hydrogen-bond donors (Lipinski definition) is 0. The summed E-state index contributed by atoms with van der Waals surface area (Å²) in [5.74, 6) is 2.42. The quantitative estimate of drug-likeness (QED) is 0.794. The lowest BCUT2D eigenvalue weighted by Gasteiger charge is -2.26. The average molecular weight is 230 g/mol. The average Bonchev–Trinajstić information content (AvgIpc) is 2.97. The summed E-state index contributed by atoms with van der Waals surface area (Å²) in [4.78, 5) is 0. The van der Waals surface area contributed by atoms with E-state index in [1.807, 2.05) is 6.07 Å². The molecule has 0 radical (unpaired) electrons. The molecule has 17 heavy (non-hydrogen) atoms. The molecule has 1 aromatic carbocycles. The van der Waals surface area contributed by atoms with Crippen LogP contribution in [0.1, 0.15) is 18.4 Å². The van der Waals surface area contributed by atoms with Crippen molar-refractivity contribution >= 4 is 0 Å². The Kier molecular flexibility index (Phi) is 2.27. The third-order valence-corrected chi connectivity index (χ3v) is 4.78. The molecule has 1 saturated heterocycles. The van der Waals surface area contributed by atoms with Crippen LogP contribution in [0.25, 0.3) is 0 Å². The van der Waals surface area contributed by atoms with Crippen LogP contribution in [0.4, 0.5) is 0 Å². The van der Waals surface area contributed by atoms with Crippen molar-refractivity contribution in [1.82, 2.24) is 0 Å². The van der Waals surface area contributed by atoms with Crippen molar-refractivity contribution in [3.05, 3.63) is 35.9 Å². The number of hydrogen-bond acceptors (Lipinski definition) is 2. The van der Waals surface area contributed by atoms with Gasteiger partial charge in [0.2, 0.25) is 0 Å². The van der Waals surface area contributed by atoms with Gasteiger partial charge in [0.15, 0.2) is 0 Å².